The molecule has 0 spiro atoms. The highest BCUT2D eigenvalue weighted by Gasteiger charge is 2.21. The minimum absolute atomic E-state index is 0.0827. The van der Waals surface area contributed by atoms with Crippen molar-refractivity contribution in [3.63, 3.8) is 0 Å². The van der Waals surface area contributed by atoms with Crippen LogP contribution in [0.15, 0.2) is 42.7 Å². The third-order valence-electron chi connectivity index (χ3n) is 5.97. The monoisotopic (exact) mass is 452 g/mol. The normalized spacial score (nSPS) is 14.7. The number of nitrogens with zero attached hydrogens (tertiary/aromatic N) is 2. The zero-order valence-electron chi connectivity index (χ0n) is 18.8. The van der Waals surface area contributed by atoms with Crippen LogP contribution in [0.25, 0.3) is 11.0 Å². The zero-order chi connectivity index (χ0) is 23.2. The molecule has 1 saturated carbocycles. The summed E-state index contributed by atoms with van der Waals surface area (Å²) in [6.07, 6.45) is 8.20. The Balaban J connectivity index is 1.68. The van der Waals surface area contributed by atoms with Crippen molar-refractivity contribution in [1.82, 2.24) is 14.9 Å². The average Bonchev–Trinajstić information content (AvgIpc) is 3.01. The predicted octanol–water partition coefficient (Wildman–Crippen LogP) is 4.26. The maximum Gasteiger partial charge on any atom is 0.253 e. The van der Waals surface area contributed by atoms with Crippen molar-refractivity contribution < 1.29 is 18.7 Å². The Hall–Kier alpha value is -3.26. The van der Waals surface area contributed by atoms with Crippen LogP contribution in [0, 0.1) is 5.82 Å². The van der Waals surface area contributed by atoms with E-state index in [0.717, 1.165) is 31.2 Å². The number of carbonyl (C=O) groups is 2. The second-order valence-electron chi connectivity index (χ2n) is 8.53. The highest BCUT2D eigenvalue weighted by atomic mass is 19.1. The summed E-state index contributed by atoms with van der Waals surface area (Å²) in [4.78, 5) is 30.0. The zero-order valence-corrected chi connectivity index (χ0v) is 18.8. The van der Waals surface area contributed by atoms with Gasteiger partial charge in [0.2, 0.25) is 5.91 Å². The van der Waals surface area contributed by atoms with E-state index in [4.69, 9.17) is 4.74 Å². The summed E-state index contributed by atoms with van der Waals surface area (Å²) in [5.74, 6) is -0.789. The molecule has 0 unspecified atom stereocenters. The van der Waals surface area contributed by atoms with E-state index in [9.17, 15) is 14.0 Å². The van der Waals surface area contributed by atoms with E-state index in [0.29, 0.717) is 28.8 Å². The SMILES string of the molecule is COCC(=O)Nc1cc(C(=O)NC2CCCCCC2)c2c(c1)ncn2Cc1ccc(F)cc1. The van der Waals surface area contributed by atoms with Gasteiger partial charge >= 0.3 is 0 Å². The lowest BCUT2D eigenvalue weighted by atomic mass is 10.1. The number of aromatic nitrogens is 2. The minimum Gasteiger partial charge on any atom is -0.375 e. The number of hydrogen-bond donors (Lipinski definition) is 2. The molecule has 0 aliphatic heterocycles. The molecular weight excluding hydrogens is 423 g/mol. The molecule has 2 aromatic carbocycles. The summed E-state index contributed by atoms with van der Waals surface area (Å²) in [7, 11) is 1.45. The summed E-state index contributed by atoms with van der Waals surface area (Å²) in [6, 6.07) is 9.82. The van der Waals surface area contributed by atoms with E-state index in [-0.39, 0.29) is 30.3 Å². The van der Waals surface area contributed by atoms with Crippen LogP contribution in [0.1, 0.15) is 54.4 Å². The van der Waals surface area contributed by atoms with Crippen molar-refractivity contribution >= 4 is 28.5 Å². The number of imidazole rings is 1. The van der Waals surface area contributed by atoms with Crippen molar-refractivity contribution in [2.24, 2.45) is 0 Å². The third kappa shape index (κ3) is 5.76. The Morgan fingerprint density at radius 2 is 1.85 bits per heavy atom. The molecule has 2 amide bonds. The van der Waals surface area contributed by atoms with Crippen LogP contribution in [0.4, 0.5) is 10.1 Å². The lowest BCUT2D eigenvalue weighted by molar-refractivity contribution is -0.119. The molecule has 174 valence electrons. The van der Waals surface area contributed by atoms with Crippen molar-refractivity contribution in [3.05, 3.63) is 59.7 Å². The number of nitrogens with one attached hydrogen (secondary N) is 2. The van der Waals surface area contributed by atoms with Crippen LogP contribution in [0.3, 0.4) is 0 Å². The largest absolute Gasteiger partial charge is 0.375 e. The Morgan fingerprint density at radius 3 is 2.55 bits per heavy atom. The lowest BCUT2D eigenvalue weighted by Gasteiger charge is -2.18. The lowest BCUT2D eigenvalue weighted by Crippen LogP contribution is -2.34. The molecule has 0 radical (unpaired) electrons. The molecule has 4 rings (SSSR count). The van der Waals surface area contributed by atoms with Crippen LogP contribution in [0.2, 0.25) is 0 Å². The smallest absolute Gasteiger partial charge is 0.253 e. The highest BCUT2D eigenvalue weighted by Crippen LogP contribution is 2.26. The molecule has 1 aromatic heterocycles. The first-order valence-corrected chi connectivity index (χ1v) is 11.4. The molecule has 1 fully saturated rings. The fraction of sp³-hybridized carbons (Fsp3) is 0.400. The van der Waals surface area contributed by atoms with Crippen molar-refractivity contribution in [3.8, 4) is 0 Å². The summed E-state index contributed by atoms with van der Waals surface area (Å²) in [5, 5.41) is 5.97. The van der Waals surface area contributed by atoms with Gasteiger partial charge in [-0.05, 0) is 42.7 Å². The Kier molecular flexibility index (Phi) is 7.34. The van der Waals surface area contributed by atoms with Gasteiger partial charge in [-0.25, -0.2) is 9.37 Å². The molecule has 33 heavy (non-hydrogen) atoms. The fourth-order valence-electron chi connectivity index (χ4n) is 4.38. The maximum absolute atomic E-state index is 13.4. The molecule has 1 aliphatic carbocycles. The van der Waals surface area contributed by atoms with E-state index in [1.165, 1.54) is 32.1 Å². The van der Waals surface area contributed by atoms with Gasteiger partial charge in [-0.3, -0.25) is 9.59 Å². The minimum atomic E-state index is -0.308. The first-order valence-electron chi connectivity index (χ1n) is 11.4. The summed E-state index contributed by atoms with van der Waals surface area (Å²) in [6.45, 7) is 0.358. The number of anilines is 1. The van der Waals surface area contributed by atoms with Crippen molar-refractivity contribution in [2.45, 2.75) is 51.1 Å². The molecule has 1 heterocycles. The van der Waals surface area contributed by atoms with Gasteiger partial charge in [0.05, 0.1) is 22.9 Å². The number of ether oxygens (including phenoxy) is 1. The summed E-state index contributed by atoms with van der Waals surface area (Å²) in [5.41, 5.74) is 3.10. The van der Waals surface area contributed by atoms with E-state index in [2.05, 4.69) is 15.6 Å². The fourth-order valence-corrected chi connectivity index (χ4v) is 4.38. The van der Waals surface area contributed by atoms with Crippen molar-refractivity contribution in [1.29, 1.82) is 0 Å². The molecule has 1 aliphatic rings. The van der Waals surface area contributed by atoms with E-state index < -0.39 is 0 Å². The molecule has 0 atom stereocenters. The number of benzene rings is 2. The number of rotatable bonds is 7. The van der Waals surface area contributed by atoms with Crippen LogP contribution in [0.5, 0.6) is 0 Å². The van der Waals surface area contributed by atoms with Crippen LogP contribution in [-0.4, -0.2) is 41.1 Å². The average molecular weight is 453 g/mol. The highest BCUT2D eigenvalue weighted by molar-refractivity contribution is 6.07. The third-order valence-corrected chi connectivity index (χ3v) is 5.97. The van der Waals surface area contributed by atoms with E-state index >= 15 is 0 Å². The van der Waals surface area contributed by atoms with Gasteiger partial charge in [-0.2, -0.15) is 0 Å². The Morgan fingerprint density at radius 1 is 1.12 bits per heavy atom. The first kappa shape index (κ1) is 22.9. The van der Waals surface area contributed by atoms with Gasteiger partial charge in [0.25, 0.3) is 5.91 Å². The Bertz CT molecular complexity index is 1120. The number of methoxy groups -OCH3 is 1. The number of carbonyl (C=O) groups excluding carboxylic acids is 2. The van der Waals surface area contributed by atoms with Gasteiger partial charge in [0.1, 0.15) is 12.4 Å². The quantitative estimate of drug-likeness (QED) is 0.525. The topological polar surface area (TPSA) is 85.2 Å². The molecule has 0 bridgehead atoms. The number of hydrogen-bond acceptors (Lipinski definition) is 4. The van der Waals surface area contributed by atoms with Gasteiger partial charge in [-0.1, -0.05) is 37.8 Å². The Labute approximate surface area is 192 Å². The summed E-state index contributed by atoms with van der Waals surface area (Å²) >= 11 is 0. The second kappa shape index (κ2) is 10.6. The second-order valence-corrected chi connectivity index (χ2v) is 8.53. The van der Waals surface area contributed by atoms with Gasteiger partial charge < -0.3 is 19.9 Å². The predicted molar refractivity (Wildman–Crippen MR) is 125 cm³/mol. The van der Waals surface area contributed by atoms with E-state index in [1.54, 1.807) is 30.6 Å². The standard InChI is InChI=1S/C25H29FN4O3/c1-33-15-23(31)28-20-12-21(25(32)29-19-6-4-2-3-5-7-19)24-22(13-20)27-16-30(24)14-17-8-10-18(26)11-9-17/h8-13,16,19H,2-7,14-15H2,1H3,(H,28,31)(H,29,32). The van der Waals surface area contributed by atoms with Crippen LogP contribution in [-0.2, 0) is 16.1 Å². The number of fused-ring (bicyclic) bond motifs is 1. The molecular formula is C25H29FN4O3. The molecule has 3 aromatic rings. The van der Waals surface area contributed by atoms with Gasteiger partial charge in [0.15, 0.2) is 0 Å². The molecule has 2 N–H and O–H groups in total. The number of halogens is 1. The maximum atomic E-state index is 13.4. The first-order chi connectivity index (χ1) is 16.0. The molecule has 8 heteroatoms. The molecule has 7 nitrogen and oxygen atoms in total. The van der Waals surface area contributed by atoms with Crippen molar-refractivity contribution in [2.75, 3.05) is 19.0 Å². The number of amides is 2. The molecule has 0 saturated heterocycles. The summed E-state index contributed by atoms with van der Waals surface area (Å²) < 4.78 is 20.1. The van der Waals surface area contributed by atoms with E-state index in [1.807, 2.05) is 4.57 Å². The van der Waals surface area contributed by atoms with Crippen LogP contribution >= 0.6 is 0 Å². The van der Waals surface area contributed by atoms with Crippen LogP contribution < -0.4 is 10.6 Å². The van der Waals surface area contributed by atoms with Gasteiger partial charge in [-0.15, -0.1) is 0 Å². The van der Waals surface area contributed by atoms with Gasteiger partial charge in [0, 0.05) is 25.4 Å².